The van der Waals surface area contributed by atoms with Crippen LogP contribution in [0.25, 0.3) is 0 Å². The molecule has 2 rings (SSSR count). The van der Waals surface area contributed by atoms with E-state index in [4.69, 9.17) is 5.73 Å². The molecule has 0 bridgehead atoms. The number of nitrogens with two attached hydrogens (primary N) is 1. The molecule has 0 aromatic heterocycles. The molecule has 1 fully saturated rings. The van der Waals surface area contributed by atoms with Crippen LogP contribution in [0.2, 0.25) is 0 Å². The van der Waals surface area contributed by atoms with Crippen molar-refractivity contribution in [3.63, 3.8) is 0 Å². The minimum absolute atomic E-state index is 0. The number of rotatable bonds is 6. The van der Waals surface area contributed by atoms with Crippen LogP contribution in [0.1, 0.15) is 44.7 Å². The third kappa shape index (κ3) is 4.02. The minimum Gasteiger partial charge on any atom is -0.508 e. The molecule has 108 valence electrons. The Hall–Kier alpha value is -0.930. The normalized spacial score (nSPS) is 15.7. The van der Waals surface area contributed by atoms with Gasteiger partial charge in [-0.1, -0.05) is 18.9 Å². The first-order valence-electron chi connectivity index (χ1n) is 6.99. The highest BCUT2D eigenvalue weighted by Gasteiger charge is 2.25. The topological polar surface area (TPSA) is 49.5 Å². The zero-order valence-electron chi connectivity index (χ0n) is 11.8. The summed E-state index contributed by atoms with van der Waals surface area (Å²) in [5, 5.41) is 10.1. The standard InChI is InChI=1S/C15H24N2O.ClH/c1-3-17(4-2)12-7-8-13(15(18)10-12)14(16)9-11-5-6-11;/h7-8,10-11,14,18H,3-6,9,16H2,1-2H3;1H/t14-;/m0./s1. The maximum atomic E-state index is 10.1. The van der Waals surface area contributed by atoms with Crippen molar-refractivity contribution in [2.24, 2.45) is 11.7 Å². The zero-order chi connectivity index (χ0) is 13.1. The number of hydrogen-bond acceptors (Lipinski definition) is 3. The van der Waals surface area contributed by atoms with Gasteiger partial charge in [0.25, 0.3) is 0 Å². The van der Waals surface area contributed by atoms with Crippen molar-refractivity contribution >= 4 is 18.1 Å². The fourth-order valence-corrected chi connectivity index (χ4v) is 2.47. The zero-order valence-corrected chi connectivity index (χ0v) is 12.6. The van der Waals surface area contributed by atoms with E-state index in [1.165, 1.54) is 12.8 Å². The number of halogens is 1. The first-order chi connectivity index (χ1) is 8.65. The summed E-state index contributed by atoms with van der Waals surface area (Å²) in [6.07, 6.45) is 3.59. The highest BCUT2D eigenvalue weighted by Crippen LogP contribution is 2.39. The third-order valence-corrected chi connectivity index (χ3v) is 3.83. The first-order valence-corrected chi connectivity index (χ1v) is 6.99. The van der Waals surface area contributed by atoms with Crippen LogP contribution in [0.3, 0.4) is 0 Å². The van der Waals surface area contributed by atoms with E-state index in [1.807, 2.05) is 12.1 Å². The monoisotopic (exact) mass is 284 g/mol. The molecular weight excluding hydrogens is 260 g/mol. The molecule has 0 radical (unpaired) electrons. The predicted molar refractivity (Wildman–Crippen MR) is 83.2 cm³/mol. The number of anilines is 1. The van der Waals surface area contributed by atoms with Crippen LogP contribution in [0.4, 0.5) is 5.69 Å². The van der Waals surface area contributed by atoms with Crippen LogP contribution >= 0.6 is 12.4 Å². The van der Waals surface area contributed by atoms with Gasteiger partial charge >= 0.3 is 0 Å². The van der Waals surface area contributed by atoms with E-state index >= 15 is 0 Å². The summed E-state index contributed by atoms with van der Waals surface area (Å²) in [5.74, 6) is 1.12. The molecule has 0 heterocycles. The molecule has 1 aliphatic rings. The summed E-state index contributed by atoms with van der Waals surface area (Å²) in [7, 11) is 0. The van der Waals surface area contributed by atoms with Gasteiger partial charge in [0.15, 0.2) is 0 Å². The Kier molecular flexibility index (Phi) is 5.95. The molecule has 1 atom stereocenters. The van der Waals surface area contributed by atoms with E-state index in [2.05, 4.69) is 24.8 Å². The maximum absolute atomic E-state index is 10.1. The highest BCUT2D eigenvalue weighted by atomic mass is 35.5. The molecule has 0 spiro atoms. The Bertz CT molecular complexity index is 403. The average Bonchev–Trinajstić information content (AvgIpc) is 3.14. The summed E-state index contributed by atoms with van der Waals surface area (Å²) in [6.45, 7) is 6.13. The molecule has 1 aromatic rings. The molecule has 0 aliphatic heterocycles. The van der Waals surface area contributed by atoms with Crippen LogP contribution in [0.15, 0.2) is 18.2 Å². The van der Waals surface area contributed by atoms with Crippen molar-refractivity contribution in [2.45, 2.75) is 39.2 Å². The number of aromatic hydroxyl groups is 1. The van der Waals surface area contributed by atoms with Crippen LogP contribution < -0.4 is 10.6 Å². The number of hydrogen-bond donors (Lipinski definition) is 2. The summed E-state index contributed by atoms with van der Waals surface area (Å²) < 4.78 is 0. The van der Waals surface area contributed by atoms with Crippen LogP contribution in [-0.4, -0.2) is 18.2 Å². The van der Waals surface area contributed by atoms with Crippen molar-refractivity contribution in [1.29, 1.82) is 0 Å². The second kappa shape index (κ2) is 7.01. The lowest BCUT2D eigenvalue weighted by Gasteiger charge is -2.22. The lowest BCUT2D eigenvalue weighted by Crippen LogP contribution is -2.21. The summed E-state index contributed by atoms with van der Waals surface area (Å²) >= 11 is 0. The van der Waals surface area contributed by atoms with Gasteiger partial charge < -0.3 is 15.7 Å². The maximum Gasteiger partial charge on any atom is 0.122 e. The Morgan fingerprint density at radius 2 is 1.95 bits per heavy atom. The molecule has 1 aromatic carbocycles. The van der Waals surface area contributed by atoms with Gasteiger partial charge in [0.05, 0.1) is 0 Å². The van der Waals surface area contributed by atoms with E-state index < -0.39 is 0 Å². The summed E-state index contributed by atoms with van der Waals surface area (Å²) in [4.78, 5) is 2.22. The van der Waals surface area contributed by atoms with Crippen LogP contribution in [0, 0.1) is 5.92 Å². The first kappa shape index (κ1) is 16.1. The van der Waals surface area contributed by atoms with Gasteiger partial charge in [-0.2, -0.15) is 0 Å². The number of phenols is 1. The Morgan fingerprint density at radius 1 is 1.32 bits per heavy atom. The van der Waals surface area contributed by atoms with Gasteiger partial charge in [-0.15, -0.1) is 12.4 Å². The average molecular weight is 285 g/mol. The van der Waals surface area contributed by atoms with Crippen molar-refractivity contribution in [3.05, 3.63) is 23.8 Å². The Balaban J connectivity index is 0.00000180. The van der Waals surface area contributed by atoms with E-state index in [0.29, 0.717) is 5.75 Å². The smallest absolute Gasteiger partial charge is 0.122 e. The molecule has 0 amide bonds. The SMILES string of the molecule is CCN(CC)c1ccc([C@@H](N)CC2CC2)c(O)c1.Cl. The van der Waals surface area contributed by atoms with Crippen molar-refractivity contribution < 1.29 is 5.11 Å². The van der Waals surface area contributed by atoms with Crippen LogP contribution in [0.5, 0.6) is 5.75 Å². The molecule has 4 heteroatoms. The van der Waals surface area contributed by atoms with Gasteiger partial charge in [0.2, 0.25) is 0 Å². The van der Waals surface area contributed by atoms with Crippen molar-refractivity contribution in [2.75, 3.05) is 18.0 Å². The van der Waals surface area contributed by atoms with E-state index in [-0.39, 0.29) is 18.4 Å². The van der Waals surface area contributed by atoms with Crippen molar-refractivity contribution in [3.8, 4) is 5.75 Å². The fourth-order valence-electron chi connectivity index (χ4n) is 2.47. The van der Waals surface area contributed by atoms with Crippen molar-refractivity contribution in [1.82, 2.24) is 0 Å². The van der Waals surface area contributed by atoms with E-state index in [0.717, 1.165) is 36.7 Å². The van der Waals surface area contributed by atoms with E-state index in [1.54, 1.807) is 0 Å². The second-order valence-electron chi connectivity index (χ2n) is 5.20. The number of phenolic OH excluding ortho intramolecular Hbond substituents is 1. The molecule has 0 saturated heterocycles. The molecule has 1 saturated carbocycles. The van der Waals surface area contributed by atoms with Gasteiger partial charge in [0.1, 0.15) is 5.75 Å². The van der Waals surface area contributed by atoms with Gasteiger partial charge in [0, 0.05) is 36.4 Å². The lowest BCUT2D eigenvalue weighted by molar-refractivity contribution is 0.455. The summed E-state index contributed by atoms with van der Waals surface area (Å²) in [5.41, 5.74) is 8.11. The molecular formula is C15H25ClN2O. The lowest BCUT2D eigenvalue weighted by atomic mass is 10.0. The molecule has 3 nitrogen and oxygen atoms in total. The summed E-state index contributed by atoms with van der Waals surface area (Å²) in [6, 6.07) is 5.86. The Labute approximate surface area is 122 Å². The van der Waals surface area contributed by atoms with Gasteiger partial charge in [-0.05, 0) is 32.3 Å². The Morgan fingerprint density at radius 3 is 2.42 bits per heavy atom. The number of benzene rings is 1. The fraction of sp³-hybridized carbons (Fsp3) is 0.600. The van der Waals surface area contributed by atoms with Gasteiger partial charge in [-0.3, -0.25) is 0 Å². The molecule has 1 aliphatic carbocycles. The largest absolute Gasteiger partial charge is 0.508 e. The predicted octanol–water partition coefficient (Wildman–Crippen LogP) is 3.46. The molecule has 19 heavy (non-hydrogen) atoms. The van der Waals surface area contributed by atoms with Gasteiger partial charge in [-0.25, -0.2) is 0 Å². The minimum atomic E-state index is -0.0248. The quantitative estimate of drug-likeness (QED) is 0.841. The third-order valence-electron chi connectivity index (χ3n) is 3.83. The molecule has 0 unspecified atom stereocenters. The van der Waals surface area contributed by atoms with E-state index in [9.17, 15) is 5.11 Å². The molecule has 3 N–H and O–H groups in total. The highest BCUT2D eigenvalue weighted by molar-refractivity contribution is 5.85. The second-order valence-corrected chi connectivity index (χ2v) is 5.20. The van der Waals surface area contributed by atoms with Crippen LogP contribution in [-0.2, 0) is 0 Å². The number of nitrogens with zero attached hydrogens (tertiary/aromatic N) is 1.